The predicted molar refractivity (Wildman–Crippen MR) is 53.9 cm³/mol. The van der Waals surface area contributed by atoms with Gasteiger partial charge in [-0.25, -0.2) is 0 Å². The van der Waals surface area contributed by atoms with Crippen molar-refractivity contribution in [3.05, 3.63) is 0 Å². The smallest absolute Gasteiger partial charge is 0.341 e. The van der Waals surface area contributed by atoms with Crippen LogP contribution >= 0.6 is 33.2 Å². The van der Waals surface area contributed by atoms with Gasteiger partial charge in [0, 0.05) is 0 Å². The third-order valence-corrected chi connectivity index (χ3v) is 3.71. The standard InChI is InChI=1S/C6H8Cl3NO2Si/c7-13(8,9)5-1-4-12-6(11)2-3-10/h1-2,4-5H2. The number of esters is 1. The average molecular weight is 261 g/mol. The molecule has 0 aromatic rings. The quantitative estimate of drug-likeness (QED) is 0.330. The van der Waals surface area contributed by atoms with Gasteiger partial charge in [-0.3, -0.25) is 4.79 Å². The number of ether oxygens (including phenoxy) is 1. The molecule has 0 saturated heterocycles. The molecule has 0 rings (SSSR count). The average Bonchev–Trinajstić information content (AvgIpc) is 1.97. The van der Waals surface area contributed by atoms with Gasteiger partial charge in [-0.05, 0) is 12.5 Å². The topological polar surface area (TPSA) is 50.1 Å². The molecule has 0 atom stereocenters. The summed E-state index contributed by atoms with van der Waals surface area (Å²) in [5, 5.41) is 8.12. The van der Waals surface area contributed by atoms with Crippen molar-refractivity contribution in [3.63, 3.8) is 0 Å². The Bertz CT molecular complexity index is 211. The van der Waals surface area contributed by atoms with Crippen LogP contribution in [0, 0.1) is 11.3 Å². The summed E-state index contributed by atoms with van der Waals surface area (Å²) in [5.74, 6) is -0.534. The summed E-state index contributed by atoms with van der Waals surface area (Å²) in [7, 11) is 0. The van der Waals surface area contributed by atoms with Gasteiger partial charge < -0.3 is 4.74 Å². The zero-order chi connectivity index (χ0) is 10.3. The zero-order valence-electron chi connectivity index (χ0n) is 6.73. The fraction of sp³-hybridized carbons (Fsp3) is 0.667. The lowest BCUT2D eigenvalue weighted by Crippen LogP contribution is -2.11. The van der Waals surface area contributed by atoms with Crippen LogP contribution < -0.4 is 0 Å². The number of rotatable bonds is 5. The van der Waals surface area contributed by atoms with Crippen molar-refractivity contribution in [1.82, 2.24) is 0 Å². The first-order valence-corrected chi connectivity index (χ1v) is 8.79. The minimum Gasteiger partial charge on any atom is -0.465 e. The van der Waals surface area contributed by atoms with E-state index < -0.39 is 12.0 Å². The summed E-state index contributed by atoms with van der Waals surface area (Å²) >= 11 is 16.8. The fourth-order valence-electron chi connectivity index (χ4n) is 0.574. The molecule has 0 aliphatic heterocycles. The third-order valence-electron chi connectivity index (χ3n) is 1.09. The van der Waals surface area contributed by atoms with Crippen LogP contribution in [-0.4, -0.2) is 18.6 Å². The fourth-order valence-corrected chi connectivity index (χ4v) is 2.32. The van der Waals surface area contributed by atoms with E-state index in [1.165, 1.54) is 0 Å². The lowest BCUT2D eigenvalue weighted by Gasteiger charge is -2.06. The third kappa shape index (κ3) is 9.96. The highest BCUT2D eigenvalue weighted by atomic mass is 35.8. The van der Waals surface area contributed by atoms with Gasteiger partial charge in [-0.15, -0.1) is 33.2 Å². The van der Waals surface area contributed by atoms with E-state index in [1.54, 1.807) is 6.07 Å². The van der Waals surface area contributed by atoms with E-state index in [4.69, 9.17) is 38.5 Å². The van der Waals surface area contributed by atoms with E-state index in [9.17, 15) is 4.79 Å². The zero-order valence-corrected chi connectivity index (χ0v) is 9.99. The van der Waals surface area contributed by atoms with Gasteiger partial charge in [0.2, 0.25) is 0 Å². The molecular formula is C6H8Cl3NO2Si. The molecule has 0 amide bonds. The highest BCUT2D eigenvalue weighted by molar-refractivity contribution is 7.64. The van der Waals surface area contributed by atoms with Gasteiger partial charge in [-0.1, -0.05) is 0 Å². The SMILES string of the molecule is N#CCC(=O)OCCC[Si](Cl)(Cl)Cl. The van der Waals surface area contributed by atoms with E-state index in [0.29, 0.717) is 12.5 Å². The maximum Gasteiger partial charge on any atom is 0.341 e. The second-order valence-electron chi connectivity index (χ2n) is 2.27. The number of hydrogen-bond acceptors (Lipinski definition) is 3. The lowest BCUT2D eigenvalue weighted by atomic mass is 10.5. The van der Waals surface area contributed by atoms with Crippen molar-refractivity contribution in [3.8, 4) is 6.07 Å². The predicted octanol–water partition coefficient (Wildman–Crippen LogP) is 2.49. The molecule has 74 valence electrons. The monoisotopic (exact) mass is 259 g/mol. The van der Waals surface area contributed by atoms with Crippen LogP contribution in [0.15, 0.2) is 0 Å². The molecule has 0 aromatic carbocycles. The first kappa shape index (κ1) is 13.0. The Morgan fingerprint density at radius 2 is 2.08 bits per heavy atom. The Labute approximate surface area is 91.6 Å². The summed E-state index contributed by atoms with van der Waals surface area (Å²) in [4.78, 5) is 10.6. The Hall–Kier alpha value is 0.0469. The summed E-state index contributed by atoms with van der Waals surface area (Å²) in [6, 6.07) is -0.451. The molecule has 0 unspecified atom stereocenters. The van der Waals surface area contributed by atoms with Crippen LogP contribution in [0.5, 0.6) is 0 Å². The Morgan fingerprint density at radius 3 is 2.54 bits per heavy atom. The minimum atomic E-state index is -2.59. The van der Waals surface area contributed by atoms with Crippen LogP contribution in [-0.2, 0) is 9.53 Å². The van der Waals surface area contributed by atoms with Crippen molar-refractivity contribution < 1.29 is 9.53 Å². The van der Waals surface area contributed by atoms with Gasteiger partial charge >= 0.3 is 12.0 Å². The van der Waals surface area contributed by atoms with Crippen LogP contribution in [0.3, 0.4) is 0 Å². The van der Waals surface area contributed by atoms with E-state index in [0.717, 1.165) is 0 Å². The van der Waals surface area contributed by atoms with Crippen molar-refractivity contribution in [2.24, 2.45) is 0 Å². The van der Waals surface area contributed by atoms with Gasteiger partial charge in [0.25, 0.3) is 0 Å². The molecule has 0 fully saturated rings. The van der Waals surface area contributed by atoms with Crippen LogP contribution in [0.2, 0.25) is 6.04 Å². The van der Waals surface area contributed by atoms with E-state index in [-0.39, 0.29) is 13.0 Å². The van der Waals surface area contributed by atoms with Crippen LogP contribution in [0.4, 0.5) is 0 Å². The lowest BCUT2D eigenvalue weighted by molar-refractivity contribution is -0.142. The second-order valence-corrected chi connectivity index (χ2v) is 11.6. The van der Waals surface area contributed by atoms with Crippen molar-refractivity contribution in [2.75, 3.05) is 6.61 Å². The molecule has 0 saturated carbocycles. The Morgan fingerprint density at radius 1 is 1.46 bits per heavy atom. The van der Waals surface area contributed by atoms with Gasteiger partial charge in [0.1, 0.15) is 6.42 Å². The van der Waals surface area contributed by atoms with Crippen molar-refractivity contribution >= 4 is 45.2 Å². The summed E-state index contributed by atoms with van der Waals surface area (Å²) in [6.45, 7) is 0.210. The van der Waals surface area contributed by atoms with Crippen LogP contribution in [0.25, 0.3) is 0 Å². The second kappa shape index (κ2) is 6.49. The molecule has 0 spiro atoms. The first-order valence-electron chi connectivity index (χ1n) is 3.55. The Kier molecular flexibility index (Phi) is 6.52. The molecule has 0 radical (unpaired) electrons. The number of hydrogen-bond donors (Lipinski definition) is 0. The molecule has 7 heteroatoms. The molecular weight excluding hydrogens is 253 g/mol. The van der Waals surface area contributed by atoms with Gasteiger partial charge in [0.15, 0.2) is 0 Å². The van der Waals surface area contributed by atoms with Crippen molar-refractivity contribution in [1.29, 1.82) is 5.26 Å². The summed E-state index contributed by atoms with van der Waals surface area (Å²) < 4.78 is 4.66. The molecule has 3 nitrogen and oxygen atoms in total. The van der Waals surface area contributed by atoms with E-state index in [1.807, 2.05) is 0 Å². The van der Waals surface area contributed by atoms with E-state index in [2.05, 4.69) is 4.74 Å². The summed E-state index contributed by atoms with van der Waals surface area (Å²) in [5.41, 5.74) is 0. The molecule has 0 aliphatic rings. The van der Waals surface area contributed by atoms with Gasteiger partial charge in [-0.2, -0.15) is 5.26 Å². The number of nitriles is 1. The Balaban J connectivity index is 3.37. The highest BCUT2D eigenvalue weighted by Crippen LogP contribution is 2.26. The minimum absolute atomic E-state index is 0.210. The summed E-state index contributed by atoms with van der Waals surface area (Å²) in [6.07, 6.45) is 0.297. The maximum absolute atomic E-state index is 10.6. The highest BCUT2D eigenvalue weighted by Gasteiger charge is 2.23. The maximum atomic E-state index is 10.6. The normalized spacial score (nSPS) is 10.6. The number of carbonyl (C=O) groups is 1. The first-order chi connectivity index (χ1) is 5.95. The molecule has 0 N–H and O–H groups in total. The molecule has 0 heterocycles. The van der Waals surface area contributed by atoms with Crippen molar-refractivity contribution in [2.45, 2.75) is 18.9 Å². The molecule has 13 heavy (non-hydrogen) atoms. The number of nitrogens with zero attached hydrogens (tertiary/aromatic N) is 1. The molecule has 0 aromatic heterocycles. The molecule has 0 aliphatic carbocycles. The van der Waals surface area contributed by atoms with E-state index >= 15 is 0 Å². The van der Waals surface area contributed by atoms with Crippen LogP contribution in [0.1, 0.15) is 12.8 Å². The molecule has 0 bridgehead atoms. The number of carbonyl (C=O) groups excluding carboxylic acids is 1. The number of halogens is 3. The van der Waals surface area contributed by atoms with Gasteiger partial charge in [0.05, 0.1) is 12.7 Å². The largest absolute Gasteiger partial charge is 0.465 e.